The van der Waals surface area contributed by atoms with Crippen LogP contribution in [-0.4, -0.2) is 0 Å². The highest BCUT2D eigenvalue weighted by Gasteiger charge is 2.23. The molecule has 1 fully saturated rings. The third-order valence-corrected chi connectivity index (χ3v) is 4.51. The third-order valence-electron chi connectivity index (χ3n) is 4.51. The molecule has 2 heteroatoms. The summed E-state index contributed by atoms with van der Waals surface area (Å²) in [6.45, 7) is 4.47. The SMILES string of the molecule is CC(C)c1ccc(C(NN)C2CCCCCC2)cc1. The van der Waals surface area contributed by atoms with Crippen LogP contribution in [0.2, 0.25) is 0 Å². The molecule has 19 heavy (non-hydrogen) atoms. The van der Waals surface area contributed by atoms with Crippen molar-refractivity contribution in [1.82, 2.24) is 5.43 Å². The highest BCUT2D eigenvalue weighted by atomic mass is 15.2. The van der Waals surface area contributed by atoms with Crippen LogP contribution in [0.25, 0.3) is 0 Å². The summed E-state index contributed by atoms with van der Waals surface area (Å²) in [7, 11) is 0. The number of rotatable bonds is 4. The van der Waals surface area contributed by atoms with Crippen molar-refractivity contribution in [2.24, 2.45) is 11.8 Å². The second-order valence-corrected chi connectivity index (χ2v) is 6.22. The van der Waals surface area contributed by atoms with E-state index in [0.29, 0.717) is 17.9 Å². The zero-order chi connectivity index (χ0) is 13.7. The molecule has 1 aromatic carbocycles. The summed E-state index contributed by atoms with van der Waals surface area (Å²) < 4.78 is 0. The lowest BCUT2D eigenvalue weighted by Gasteiger charge is -2.26. The molecule has 0 amide bonds. The Morgan fingerprint density at radius 1 is 0.947 bits per heavy atom. The van der Waals surface area contributed by atoms with Crippen molar-refractivity contribution < 1.29 is 0 Å². The van der Waals surface area contributed by atoms with Gasteiger partial charge in [-0.2, -0.15) is 0 Å². The van der Waals surface area contributed by atoms with Gasteiger partial charge in [0.25, 0.3) is 0 Å². The Morgan fingerprint density at radius 3 is 1.95 bits per heavy atom. The first-order chi connectivity index (χ1) is 9.22. The Balaban J connectivity index is 2.11. The molecule has 2 nitrogen and oxygen atoms in total. The van der Waals surface area contributed by atoms with Gasteiger partial charge >= 0.3 is 0 Å². The van der Waals surface area contributed by atoms with E-state index in [1.165, 1.54) is 49.7 Å². The minimum atomic E-state index is 0.319. The number of nitrogens with two attached hydrogens (primary N) is 1. The monoisotopic (exact) mass is 260 g/mol. The molecule has 0 saturated heterocycles. The summed E-state index contributed by atoms with van der Waals surface area (Å²) >= 11 is 0. The molecule has 1 aliphatic carbocycles. The predicted molar refractivity (Wildman–Crippen MR) is 81.8 cm³/mol. The van der Waals surface area contributed by atoms with Gasteiger partial charge in [0.05, 0.1) is 0 Å². The van der Waals surface area contributed by atoms with Gasteiger partial charge in [0, 0.05) is 6.04 Å². The van der Waals surface area contributed by atoms with E-state index in [-0.39, 0.29) is 0 Å². The van der Waals surface area contributed by atoms with Gasteiger partial charge in [0.15, 0.2) is 0 Å². The van der Waals surface area contributed by atoms with Crippen molar-refractivity contribution in [2.45, 2.75) is 64.3 Å². The van der Waals surface area contributed by atoms with Crippen LogP contribution in [0.3, 0.4) is 0 Å². The maximum atomic E-state index is 5.83. The van der Waals surface area contributed by atoms with Gasteiger partial charge in [0.2, 0.25) is 0 Å². The minimum Gasteiger partial charge on any atom is -0.271 e. The van der Waals surface area contributed by atoms with E-state index in [1.807, 2.05) is 0 Å². The maximum Gasteiger partial charge on any atom is 0.0488 e. The van der Waals surface area contributed by atoms with E-state index in [1.54, 1.807) is 0 Å². The highest BCUT2D eigenvalue weighted by Crippen LogP contribution is 2.33. The van der Waals surface area contributed by atoms with E-state index in [9.17, 15) is 0 Å². The van der Waals surface area contributed by atoms with Crippen molar-refractivity contribution in [3.05, 3.63) is 35.4 Å². The molecule has 3 N–H and O–H groups in total. The second kappa shape index (κ2) is 7.06. The van der Waals surface area contributed by atoms with Gasteiger partial charge < -0.3 is 0 Å². The predicted octanol–water partition coefficient (Wildman–Crippen LogP) is 4.28. The van der Waals surface area contributed by atoms with Gasteiger partial charge in [-0.15, -0.1) is 0 Å². The van der Waals surface area contributed by atoms with Gasteiger partial charge in [-0.1, -0.05) is 63.8 Å². The van der Waals surface area contributed by atoms with Crippen LogP contribution in [0.1, 0.15) is 75.5 Å². The molecule has 0 bridgehead atoms. The van der Waals surface area contributed by atoms with Crippen LogP contribution < -0.4 is 11.3 Å². The molecular formula is C17H28N2. The quantitative estimate of drug-likeness (QED) is 0.481. The Kier molecular flexibility index (Phi) is 5.41. The van der Waals surface area contributed by atoms with E-state index >= 15 is 0 Å². The van der Waals surface area contributed by atoms with Crippen molar-refractivity contribution in [2.75, 3.05) is 0 Å². The van der Waals surface area contributed by atoms with E-state index < -0.39 is 0 Å². The van der Waals surface area contributed by atoms with Crippen molar-refractivity contribution in [3.8, 4) is 0 Å². The van der Waals surface area contributed by atoms with Crippen LogP contribution in [0.15, 0.2) is 24.3 Å². The van der Waals surface area contributed by atoms with Gasteiger partial charge in [0.1, 0.15) is 0 Å². The van der Waals surface area contributed by atoms with Crippen molar-refractivity contribution in [3.63, 3.8) is 0 Å². The molecule has 106 valence electrons. The number of hydrazine groups is 1. The molecule has 0 heterocycles. The lowest BCUT2D eigenvalue weighted by atomic mass is 9.87. The molecule has 1 atom stereocenters. The topological polar surface area (TPSA) is 38.0 Å². The smallest absolute Gasteiger partial charge is 0.0488 e. The first kappa shape index (κ1) is 14.5. The Morgan fingerprint density at radius 2 is 1.47 bits per heavy atom. The third kappa shape index (κ3) is 3.80. The fraction of sp³-hybridized carbons (Fsp3) is 0.647. The van der Waals surface area contributed by atoms with Crippen molar-refractivity contribution in [1.29, 1.82) is 0 Å². The summed E-state index contributed by atoms with van der Waals surface area (Å²) in [4.78, 5) is 0. The molecule has 0 aromatic heterocycles. The molecule has 2 rings (SSSR count). The van der Waals surface area contributed by atoms with Crippen LogP contribution in [-0.2, 0) is 0 Å². The summed E-state index contributed by atoms with van der Waals surface area (Å²) in [5.41, 5.74) is 5.81. The Hall–Kier alpha value is -0.860. The zero-order valence-electron chi connectivity index (χ0n) is 12.4. The summed E-state index contributed by atoms with van der Waals surface area (Å²) in [5.74, 6) is 7.12. The highest BCUT2D eigenvalue weighted by molar-refractivity contribution is 5.27. The fourth-order valence-corrected chi connectivity index (χ4v) is 3.24. The fourth-order valence-electron chi connectivity index (χ4n) is 3.24. The zero-order valence-corrected chi connectivity index (χ0v) is 12.4. The van der Waals surface area contributed by atoms with E-state index in [4.69, 9.17) is 5.84 Å². The van der Waals surface area contributed by atoms with Crippen LogP contribution in [0, 0.1) is 5.92 Å². The molecule has 1 saturated carbocycles. The largest absolute Gasteiger partial charge is 0.271 e. The molecule has 0 radical (unpaired) electrons. The first-order valence-electron chi connectivity index (χ1n) is 7.78. The second-order valence-electron chi connectivity index (χ2n) is 6.22. The first-order valence-corrected chi connectivity index (χ1v) is 7.78. The molecule has 1 aliphatic rings. The lowest BCUT2D eigenvalue weighted by Crippen LogP contribution is -2.33. The Labute approximate surface area is 117 Å². The number of hydrogen-bond donors (Lipinski definition) is 2. The summed E-state index contributed by atoms with van der Waals surface area (Å²) in [5, 5.41) is 0. The van der Waals surface area contributed by atoms with E-state index in [0.717, 1.165) is 0 Å². The normalized spacial score (nSPS) is 19.4. The summed E-state index contributed by atoms with van der Waals surface area (Å²) in [6.07, 6.45) is 8.10. The molecule has 1 unspecified atom stereocenters. The standard InChI is InChI=1S/C17H28N2/c1-13(2)14-9-11-16(12-10-14)17(19-18)15-7-5-3-4-6-8-15/h9-13,15,17,19H,3-8,18H2,1-2H3. The van der Waals surface area contributed by atoms with Gasteiger partial charge in [-0.3, -0.25) is 11.3 Å². The maximum absolute atomic E-state index is 5.83. The summed E-state index contributed by atoms with van der Waals surface area (Å²) in [6, 6.07) is 9.33. The van der Waals surface area contributed by atoms with Crippen LogP contribution >= 0.6 is 0 Å². The molecular weight excluding hydrogens is 232 g/mol. The van der Waals surface area contributed by atoms with Crippen LogP contribution in [0.5, 0.6) is 0 Å². The number of nitrogens with one attached hydrogen (secondary N) is 1. The number of hydrogen-bond acceptors (Lipinski definition) is 2. The molecule has 1 aromatic rings. The van der Waals surface area contributed by atoms with Gasteiger partial charge in [-0.05, 0) is 35.8 Å². The van der Waals surface area contributed by atoms with Crippen LogP contribution in [0.4, 0.5) is 0 Å². The molecule has 0 aliphatic heterocycles. The van der Waals surface area contributed by atoms with E-state index in [2.05, 4.69) is 43.5 Å². The molecule has 0 spiro atoms. The minimum absolute atomic E-state index is 0.319. The lowest BCUT2D eigenvalue weighted by molar-refractivity contribution is 0.329. The average molecular weight is 260 g/mol. The Bertz CT molecular complexity index is 361. The average Bonchev–Trinajstić information content (AvgIpc) is 2.69. The van der Waals surface area contributed by atoms with Gasteiger partial charge in [-0.25, -0.2) is 0 Å². The number of benzene rings is 1. The van der Waals surface area contributed by atoms with Crippen molar-refractivity contribution >= 4 is 0 Å².